The highest BCUT2D eigenvalue weighted by molar-refractivity contribution is 5.72. The Morgan fingerprint density at radius 1 is 1.12 bits per heavy atom. The fourth-order valence-electron chi connectivity index (χ4n) is 2.87. The van der Waals surface area contributed by atoms with Crippen molar-refractivity contribution in [2.24, 2.45) is 11.8 Å². The smallest absolute Gasteiger partial charge is 0.309 e. The molecule has 1 fully saturated rings. The molecule has 0 aromatic heterocycles. The first-order chi connectivity index (χ1) is 8.29. The Kier molecular flexibility index (Phi) is 7.30. The van der Waals surface area contributed by atoms with Gasteiger partial charge in [0.15, 0.2) is 0 Å². The van der Waals surface area contributed by atoms with Gasteiger partial charge in [0.05, 0.1) is 12.5 Å². The molecule has 0 spiro atoms. The van der Waals surface area contributed by atoms with Crippen LogP contribution >= 0.6 is 0 Å². The molecular formula is C15H28O2. The summed E-state index contributed by atoms with van der Waals surface area (Å²) in [6.07, 6.45) is 10.5. The molecule has 0 aliphatic heterocycles. The standard InChI is InChI=1S/C15H28O2/c1-3-5-8-12-17-15(16)14-11-7-6-10-13(14)9-4-2/h13-14H,3-12H2,1-2H3. The summed E-state index contributed by atoms with van der Waals surface area (Å²) in [5.74, 6) is 0.872. The van der Waals surface area contributed by atoms with Crippen LogP contribution in [0.3, 0.4) is 0 Å². The molecule has 0 radical (unpaired) electrons. The number of unbranched alkanes of at least 4 members (excludes halogenated alkanes) is 2. The summed E-state index contributed by atoms with van der Waals surface area (Å²) < 4.78 is 5.42. The first-order valence-corrected chi connectivity index (χ1v) is 7.46. The Bertz CT molecular complexity index is 211. The highest BCUT2D eigenvalue weighted by Crippen LogP contribution is 2.34. The van der Waals surface area contributed by atoms with Gasteiger partial charge in [0, 0.05) is 0 Å². The summed E-state index contributed by atoms with van der Waals surface area (Å²) in [6, 6.07) is 0. The minimum Gasteiger partial charge on any atom is -0.465 e. The van der Waals surface area contributed by atoms with E-state index in [2.05, 4.69) is 13.8 Å². The van der Waals surface area contributed by atoms with Gasteiger partial charge in [-0.05, 0) is 31.6 Å². The lowest BCUT2D eigenvalue weighted by Crippen LogP contribution is -2.29. The first kappa shape index (κ1) is 14.5. The Morgan fingerprint density at radius 3 is 2.59 bits per heavy atom. The van der Waals surface area contributed by atoms with Crippen LogP contribution in [0.5, 0.6) is 0 Å². The molecule has 1 aliphatic rings. The fourth-order valence-corrected chi connectivity index (χ4v) is 2.87. The number of rotatable bonds is 7. The van der Waals surface area contributed by atoms with E-state index < -0.39 is 0 Å². The van der Waals surface area contributed by atoms with Crippen LogP contribution < -0.4 is 0 Å². The van der Waals surface area contributed by atoms with Crippen molar-refractivity contribution >= 4 is 5.97 Å². The van der Waals surface area contributed by atoms with E-state index in [1.807, 2.05) is 0 Å². The van der Waals surface area contributed by atoms with E-state index in [0.29, 0.717) is 12.5 Å². The zero-order chi connectivity index (χ0) is 12.5. The van der Waals surface area contributed by atoms with E-state index in [-0.39, 0.29) is 11.9 Å². The highest BCUT2D eigenvalue weighted by Gasteiger charge is 2.31. The van der Waals surface area contributed by atoms with Gasteiger partial charge in [-0.15, -0.1) is 0 Å². The highest BCUT2D eigenvalue weighted by atomic mass is 16.5. The van der Waals surface area contributed by atoms with Gasteiger partial charge in [0.2, 0.25) is 0 Å². The van der Waals surface area contributed by atoms with E-state index >= 15 is 0 Å². The average molecular weight is 240 g/mol. The number of hydrogen-bond donors (Lipinski definition) is 0. The van der Waals surface area contributed by atoms with E-state index in [4.69, 9.17) is 4.74 Å². The Morgan fingerprint density at radius 2 is 1.88 bits per heavy atom. The Hall–Kier alpha value is -0.530. The summed E-state index contributed by atoms with van der Waals surface area (Å²) in [5.41, 5.74) is 0. The van der Waals surface area contributed by atoms with Crippen molar-refractivity contribution in [3.63, 3.8) is 0 Å². The molecule has 17 heavy (non-hydrogen) atoms. The Labute approximate surface area is 106 Å². The molecule has 0 N–H and O–H groups in total. The third-order valence-corrected chi connectivity index (χ3v) is 3.86. The number of carbonyl (C=O) groups excluding carboxylic acids is 1. The van der Waals surface area contributed by atoms with E-state index in [0.717, 1.165) is 19.3 Å². The second kappa shape index (κ2) is 8.54. The number of esters is 1. The lowest BCUT2D eigenvalue weighted by molar-refractivity contribution is -0.152. The maximum Gasteiger partial charge on any atom is 0.309 e. The SMILES string of the molecule is CCCCCOC(=O)C1CCCCC1CCC. The molecule has 1 aliphatic carbocycles. The van der Waals surface area contributed by atoms with Crippen molar-refractivity contribution in [1.29, 1.82) is 0 Å². The molecule has 2 nitrogen and oxygen atoms in total. The maximum atomic E-state index is 12.0. The molecule has 2 heteroatoms. The molecule has 0 aromatic carbocycles. The summed E-state index contributed by atoms with van der Waals surface area (Å²) in [6.45, 7) is 5.00. The lowest BCUT2D eigenvalue weighted by Gasteiger charge is -2.29. The van der Waals surface area contributed by atoms with Crippen LogP contribution in [0.2, 0.25) is 0 Å². The van der Waals surface area contributed by atoms with Crippen molar-refractivity contribution in [1.82, 2.24) is 0 Å². The van der Waals surface area contributed by atoms with Gasteiger partial charge in [-0.2, -0.15) is 0 Å². The second-order valence-corrected chi connectivity index (χ2v) is 5.31. The Balaban J connectivity index is 2.31. The van der Waals surface area contributed by atoms with Crippen LogP contribution in [0.25, 0.3) is 0 Å². The summed E-state index contributed by atoms with van der Waals surface area (Å²) in [7, 11) is 0. The summed E-state index contributed by atoms with van der Waals surface area (Å²) in [4.78, 5) is 12.0. The average Bonchev–Trinajstić information content (AvgIpc) is 2.35. The molecule has 2 unspecified atom stereocenters. The van der Waals surface area contributed by atoms with E-state index in [1.54, 1.807) is 0 Å². The van der Waals surface area contributed by atoms with Gasteiger partial charge < -0.3 is 4.74 Å². The molecule has 2 atom stereocenters. The van der Waals surface area contributed by atoms with Gasteiger partial charge in [0.25, 0.3) is 0 Å². The molecular weight excluding hydrogens is 212 g/mol. The van der Waals surface area contributed by atoms with Crippen LogP contribution in [-0.4, -0.2) is 12.6 Å². The van der Waals surface area contributed by atoms with Crippen LogP contribution in [0.1, 0.15) is 71.6 Å². The topological polar surface area (TPSA) is 26.3 Å². The quantitative estimate of drug-likeness (QED) is 0.489. The van der Waals surface area contributed by atoms with Crippen molar-refractivity contribution < 1.29 is 9.53 Å². The van der Waals surface area contributed by atoms with Gasteiger partial charge in [-0.1, -0.05) is 46.0 Å². The first-order valence-electron chi connectivity index (χ1n) is 7.46. The van der Waals surface area contributed by atoms with E-state index in [1.165, 1.54) is 38.5 Å². The van der Waals surface area contributed by atoms with Gasteiger partial charge in [-0.3, -0.25) is 4.79 Å². The third kappa shape index (κ3) is 5.10. The largest absolute Gasteiger partial charge is 0.465 e. The van der Waals surface area contributed by atoms with Crippen LogP contribution in [-0.2, 0) is 9.53 Å². The predicted molar refractivity (Wildman–Crippen MR) is 70.8 cm³/mol. The summed E-state index contributed by atoms with van der Waals surface area (Å²) in [5, 5.41) is 0. The van der Waals surface area contributed by atoms with Gasteiger partial charge in [0.1, 0.15) is 0 Å². The van der Waals surface area contributed by atoms with Crippen LogP contribution in [0.4, 0.5) is 0 Å². The molecule has 100 valence electrons. The summed E-state index contributed by atoms with van der Waals surface area (Å²) >= 11 is 0. The minimum atomic E-state index is 0.0826. The van der Waals surface area contributed by atoms with Crippen molar-refractivity contribution in [3.8, 4) is 0 Å². The number of carbonyl (C=O) groups is 1. The molecule has 0 amide bonds. The number of hydrogen-bond acceptors (Lipinski definition) is 2. The predicted octanol–water partition coefficient (Wildman–Crippen LogP) is 4.33. The van der Waals surface area contributed by atoms with E-state index in [9.17, 15) is 4.79 Å². The van der Waals surface area contributed by atoms with Crippen molar-refractivity contribution in [2.75, 3.05) is 6.61 Å². The maximum absolute atomic E-state index is 12.0. The fraction of sp³-hybridized carbons (Fsp3) is 0.933. The molecule has 1 saturated carbocycles. The molecule has 0 bridgehead atoms. The second-order valence-electron chi connectivity index (χ2n) is 5.31. The lowest BCUT2D eigenvalue weighted by atomic mass is 9.77. The van der Waals surface area contributed by atoms with Gasteiger partial charge in [-0.25, -0.2) is 0 Å². The van der Waals surface area contributed by atoms with Crippen LogP contribution in [0.15, 0.2) is 0 Å². The van der Waals surface area contributed by atoms with Crippen LogP contribution in [0, 0.1) is 11.8 Å². The van der Waals surface area contributed by atoms with Gasteiger partial charge >= 0.3 is 5.97 Å². The van der Waals surface area contributed by atoms with Crippen molar-refractivity contribution in [2.45, 2.75) is 71.6 Å². The normalized spacial score (nSPS) is 24.6. The molecule has 1 rings (SSSR count). The van der Waals surface area contributed by atoms with Crippen molar-refractivity contribution in [3.05, 3.63) is 0 Å². The molecule has 0 saturated heterocycles. The minimum absolute atomic E-state index is 0.0826. The number of ether oxygens (including phenoxy) is 1. The zero-order valence-corrected chi connectivity index (χ0v) is 11.5. The molecule has 0 heterocycles. The monoisotopic (exact) mass is 240 g/mol. The molecule has 0 aromatic rings. The zero-order valence-electron chi connectivity index (χ0n) is 11.5. The third-order valence-electron chi connectivity index (χ3n) is 3.86.